The molecule has 1 amide bonds. The zero-order chi connectivity index (χ0) is 15.8. The quantitative estimate of drug-likeness (QED) is 0.916. The molecule has 3 nitrogen and oxygen atoms in total. The zero-order valence-electron chi connectivity index (χ0n) is 12.1. The molecular formula is C15H17F3N2O. The van der Waals surface area contributed by atoms with E-state index >= 15 is 0 Å². The first kappa shape index (κ1) is 15.4. The van der Waals surface area contributed by atoms with E-state index in [2.05, 4.69) is 4.98 Å². The lowest BCUT2D eigenvalue weighted by Gasteiger charge is -2.17. The van der Waals surface area contributed by atoms with Gasteiger partial charge in [0.05, 0.1) is 0 Å². The van der Waals surface area contributed by atoms with E-state index in [-0.39, 0.29) is 5.69 Å². The van der Waals surface area contributed by atoms with Gasteiger partial charge in [0.1, 0.15) is 12.2 Å². The van der Waals surface area contributed by atoms with Gasteiger partial charge in [0, 0.05) is 18.0 Å². The molecular weight excluding hydrogens is 281 g/mol. The lowest BCUT2D eigenvalue weighted by atomic mass is 10.0. The summed E-state index contributed by atoms with van der Waals surface area (Å²) in [6, 6.07) is 7.31. The standard InChI is InChI=1S/C15H17F3N2O/c1-9(2)10-4-5-11-7-13(19-12(11)6-10)14(21)20(3)8-15(16,17)18/h4-7,9,19H,8H2,1-3H3. The average molecular weight is 298 g/mol. The molecule has 0 fully saturated rings. The van der Waals surface area contributed by atoms with Gasteiger partial charge in [-0.1, -0.05) is 26.0 Å². The topological polar surface area (TPSA) is 36.1 Å². The molecule has 2 rings (SSSR count). The summed E-state index contributed by atoms with van der Waals surface area (Å²) in [6.07, 6.45) is -4.40. The number of nitrogens with zero attached hydrogens (tertiary/aromatic N) is 1. The van der Waals surface area contributed by atoms with Gasteiger partial charge >= 0.3 is 6.18 Å². The number of fused-ring (bicyclic) bond motifs is 1. The number of hydrogen-bond acceptors (Lipinski definition) is 1. The van der Waals surface area contributed by atoms with Crippen LogP contribution in [0.2, 0.25) is 0 Å². The number of H-pyrrole nitrogens is 1. The minimum atomic E-state index is -4.40. The van der Waals surface area contributed by atoms with Crippen LogP contribution in [-0.2, 0) is 0 Å². The molecule has 0 saturated carbocycles. The third-order valence-corrected chi connectivity index (χ3v) is 3.31. The number of amides is 1. The van der Waals surface area contributed by atoms with Gasteiger partial charge in [-0.3, -0.25) is 4.79 Å². The number of aromatic amines is 1. The number of carbonyl (C=O) groups is 1. The summed E-state index contributed by atoms with van der Waals surface area (Å²) < 4.78 is 37.0. The van der Waals surface area contributed by atoms with E-state index in [1.807, 2.05) is 32.0 Å². The maximum Gasteiger partial charge on any atom is 0.406 e. The summed E-state index contributed by atoms with van der Waals surface area (Å²) in [5.41, 5.74) is 2.02. The Morgan fingerprint density at radius 2 is 1.95 bits per heavy atom. The van der Waals surface area contributed by atoms with Crippen molar-refractivity contribution in [2.24, 2.45) is 0 Å². The van der Waals surface area contributed by atoms with Crippen molar-refractivity contribution in [1.29, 1.82) is 0 Å². The van der Waals surface area contributed by atoms with Crippen LogP contribution in [0.25, 0.3) is 10.9 Å². The summed E-state index contributed by atoms with van der Waals surface area (Å²) in [5, 5.41) is 0.808. The lowest BCUT2D eigenvalue weighted by molar-refractivity contribution is -0.138. The molecule has 0 saturated heterocycles. The molecule has 0 aliphatic heterocycles. The van der Waals surface area contributed by atoms with Gasteiger partial charge in [-0.05, 0) is 23.6 Å². The Morgan fingerprint density at radius 3 is 2.52 bits per heavy atom. The number of hydrogen-bond donors (Lipinski definition) is 1. The number of halogens is 3. The van der Waals surface area contributed by atoms with Crippen LogP contribution >= 0.6 is 0 Å². The molecule has 0 aliphatic carbocycles. The number of carbonyl (C=O) groups excluding carboxylic acids is 1. The highest BCUT2D eigenvalue weighted by molar-refractivity contribution is 5.98. The number of alkyl halides is 3. The highest BCUT2D eigenvalue weighted by Gasteiger charge is 2.31. The van der Waals surface area contributed by atoms with Crippen LogP contribution in [0.1, 0.15) is 35.8 Å². The maximum atomic E-state index is 12.3. The molecule has 0 bridgehead atoms. The largest absolute Gasteiger partial charge is 0.406 e. The molecule has 114 valence electrons. The monoisotopic (exact) mass is 298 g/mol. The van der Waals surface area contributed by atoms with Crippen LogP contribution in [0.15, 0.2) is 24.3 Å². The van der Waals surface area contributed by atoms with Crippen molar-refractivity contribution in [2.75, 3.05) is 13.6 Å². The van der Waals surface area contributed by atoms with E-state index < -0.39 is 18.6 Å². The van der Waals surface area contributed by atoms with Gasteiger partial charge in [0.25, 0.3) is 5.91 Å². The van der Waals surface area contributed by atoms with Crippen molar-refractivity contribution < 1.29 is 18.0 Å². The number of rotatable bonds is 3. The molecule has 1 N–H and O–H groups in total. The fourth-order valence-electron chi connectivity index (χ4n) is 2.17. The molecule has 1 aromatic heterocycles. The molecule has 21 heavy (non-hydrogen) atoms. The first-order valence-corrected chi connectivity index (χ1v) is 6.62. The van der Waals surface area contributed by atoms with E-state index in [1.165, 1.54) is 0 Å². The summed E-state index contributed by atoms with van der Waals surface area (Å²) >= 11 is 0. The van der Waals surface area contributed by atoms with Crippen LogP contribution < -0.4 is 0 Å². The smallest absolute Gasteiger partial charge is 0.351 e. The molecule has 2 aromatic rings. The van der Waals surface area contributed by atoms with Crippen molar-refractivity contribution in [3.8, 4) is 0 Å². The lowest BCUT2D eigenvalue weighted by Crippen LogP contribution is -2.35. The molecule has 0 atom stereocenters. The maximum absolute atomic E-state index is 12.3. The Hall–Kier alpha value is -1.98. The summed E-state index contributed by atoms with van der Waals surface area (Å²) in [6.45, 7) is 2.83. The first-order chi connectivity index (χ1) is 9.67. The van der Waals surface area contributed by atoms with Gasteiger partial charge in [-0.25, -0.2) is 0 Å². The van der Waals surface area contributed by atoms with Crippen LogP contribution in [-0.4, -0.2) is 35.6 Å². The number of nitrogens with one attached hydrogen (secondary N) is 1. The first-order valence-electron chi connectivity index (χ1n) is 6.62. The third-order valence-electron chi connectivity index (χ3n) is 3.31. The van der Waals surface area contributed by atoms with Crippen LogP contribution in [0, 0.1) is 0 Å². The van der Waals surface area contributed by atoms with Crippen molar-refractivity contribution in [3.05, 3.63) is 35.5 Å². The molecule has 0 radical (unpaired) electrons. The Morgan fingerprint density at radius 1 is 1.29 bits per heavy atom. The van der Waals surface area contributed by atoms with Crippen molar-refractivity contribution >= 4 is 16.8 Å². The fraction of sp³-hybridized carbons (Fsp3) is 0.400. The van der Waals surface area contributed by atoms with Crippen molar-refractivity contribution in [3.63, 3.8) is 0 Å². The van der Waals surface area contributed by atoms with Gasteiger partial charge in [-0.15, -0.1) is 0 Å². The van der Waals surface area contributed by atoms with E-state index in [0.717, 1.165) is 23.5 Å². The van der Waals surface area contributed by atoms with E-state index in [1.54, 1.807) is 6.07 Å². The second-order valence-electron chi connectivity index (χ2n) is 5.46. The summed E-state index contributed by atoms with van der Waals surface area (Å²) in [7, 11) is 1.14. The van der Waals surface area contributed by atoms with E-state index in [4.69, 9.17) is 0 Å². The van der Waals surface area contributed by atoms with Gasteiger partial charge in [0.15, 0.2) is 0 Å². The van der Waals surface area contributed by atoms with Crippen LogP contribution in [0.3, 0.4) is 0 Å². The van der Waals surface area contributed by atoms with Gasteiger partial charge < -0.3 is 9.88 Å². The second kappa shape index (κ2) is 5.42. The van der Waals surface area contributed by atoms with E-state index in [9.17, 15) is 18.0 Å². The summed E-state index contributed by atoms with van der Waals surface area (Å²) in [5.74, 6) is -0.334. The highest BCUT2D eigenvalue weighted by Crippen LogP contribution is 2.23. The van der Waals surface area contributed by atoms with Crippen LogP contribution in [0.5, 0.6) is 0 Å². The van der Waals surface area contributed by atoms with Crippen molar-refractivity contribution in [1.82, 2.24) is 9.88 Å². The highest BCUT2D eigenvalue weighted by atomic mass is 19.4. The number of benzene rings is 1. The fourth-order valence-corrected chi connectivity index (χ4v) is 2.17. The zero-order valence-corrected chi connectivity index (χ0v) is 12.1. The molecule has 1 heterocycles. The normalized spacial score (nSPS) is 12.1. The average Bonchev–Trinajstić information content (AvgIpc) is 2.78. The van der Waals surface area contributed by atoms with E-state index in [0.29, 0.717) is 10.8 Å². The molecule has 0 aliphatic rings. The predicted molar refractivity (Wildman–Crippen MR) is 75.4 cm³/mol. The molecule has 0 spiro atoms. The predicted octanol–water partition coefficient (Wildman–Crippen LogP) is 3.93. The Balaban J connectivity index is 2.28. The molecule has 1 aromatic carbocycles. The van der Waals surface area contributed by atoms with Crippen LogP contribution in [0.4, 0.5) is 13.2 Å². The Bertz CT molecular complexity index is 658. The Kier molecular flexibility index (Phi) is 3.98. The number of aromatic nitrogens is 1. The molecule has 6 heteroatoms. The van der Waals surface area contributed by atoms with Gasteiger partial charge in [-0.2, -0.15) is 13.2 Å². The van der Waals surface area contributed by atoms with Gasteiger partial charge in [0.2, 0.25) is 0 Å². The Labute approximate surface area is 120 Å². The second-order valence-corrected chi connectivity index (χ2v) is 5.46. The summed E-state index contributed by atoms with van der Waals surface area (Å²) in [4.78, 5) is 15.6. The molecule has 0 unspecified atom stereocenters. The van der Waals surface area contributed by atoms with Crippen molar-refractivity contribution in [2.45, 2.75) is 25.9 Å². The minimum Gasteiger partial charge on any atom is -0.351 e. The minimum absolute atomic E-state index is 0.164. The third kappa shape index (κ3) is 3.56. The SMILES string of the molecule is CC(C)c1ccc2cc(C(=O)N(C)CC(F)(F)F)[nH]c2c1.